The Hall–Kier alpha value is -2.21. The van der Waals surface area contributed by atoms with Crippen LogP contribution in [-0.2, 0) is 12.8 Å². The van der Waals surface area contributed by atoms with Gasteiger partial charge in [-0.3, -0.25) is 14.8 Å². The second-order valence-electron chi connectivity index (χ2n) is 5.60. The number of benzene rings is 1. The van der Waals surface area contributed by atoms with Gasteiger partial charge in [0.1, 0.15) is 5.82 Å². The van der Waals surface area contributed by atoms with E-state index in [9.17, 15) is 9.59 Å². The van der Waals surface area contributed by atoms with Crippen LogP contribution in [0.3, 0.4) is 0 Å². The van der Waals surface area contributed by atoms with Crippen LogP contribution >= 0.6 is 12.4 Å². The Morgan fingerprint density at radius 1 is 1.09 bits per heavy atom. The van der Waals surface area contributed by atoms with Gasteiger partial charge in [0.15, 0.2) is 0 Å². The Morgan fingerprint density at radius 2 is 1.82 bits per heavy atom. The van der Waals surface area contributed by atoms with Gasteiger partial charge in [0, 0.05) is 31.9 Å². The maximum absolute atomic E-state index is 11.3. The Bertz CT molecular complexity index is 753. The third kappa shape index (κ3) is 3.33. The molecule has 6 nitrogen and oxygen atoms in total. The quantitative estimate of drug-likeness (QED) is 0.791. The molecule has 1 aliphatic carbocycles. The molecule has 22 heavy (non-hydrogen) atoms. The third-order valence-corrected chi connectivity index (χ3v) is 3.76. The number of rotatable bonds is 3. The second kappa shape index (κ2) is 6.27. The first-order chi connectivity index (χ1) is 10.0. The topological polar surface area (TPSA) is 81.0 Å². The van der Waals surface area contributed by atoms with Crippen LogP contribution in [0.4, 0.5) is 11.5 Å². The smallest absolute Gasteiger partial charge is 0.327 e. The van der Waals surface area contributed by atoms with Gasteiger partial charge in [-0.15, -0.1) is 12.4 Å². The Balaban J connectivity index is 0.00000176. The molecule has 0 aliphatic heterocycles. The van der Waals surface area contributed by atoms with E-state index < -0.39 is 11.2 Å². The fraction of sp³-hybridized carbons (Fsp3) is 0.333. The molecule has 1 heterocycles. The third-order valence-electron chi connectivity index (χ3n) is 3.76. The van der Waals surface area contributed by atoms with Crippen molar-refractivity contribution in [2.24, 2.45) is 0 Å². The maximum Gasteiger partial charge on any atom is 0.327 e. The summed E-state index contributed by atoms with van der Waals surface area (Å²) >= 11 is 0. The van der Waals surface area contributed by atoms with Crippen molar-refractivity contribution in [3.8, 4) is 0 Å². The molecule has 0 spiro atoms. The number of fused-ring (bicyclic) bond motifs is 1. The predicted octanol–water partition coefficient (Wildman–Crippen LogP) is 1.13. The molecule has 0 saturated heterocycles. The summed E-state index contributed by atoms with van der Waals surface area (Å²) in [4.78, 5) is 29.4. The van der Waals surface area contributed by atoms with Gasteiger partial charge in [0.25, 0.3) is 5.56 Å². The van der Waals surface area contributed by atoms with E-state index in [4.69, 9.17) is 0 Å². The SMILES string of the molecule is CN(C)c1ccc2c(c1)CC(Nc1cc(=O)[nH]c(=O)[nH]1)C2.Cl. The summed E-state index contributed by atoms with van der Waals surface area (Å²) in [7, 11) is 4.04. The van der Waals surface area contributed by atoms with Crippen LogP contribution in [-0.4, -0.2) is 30.1 Å². The minimum Gasteiger partial charge on any atom is -0.378 e. The van der Waals surface area contributed by atoms with Crippen molar-refractivity contribution in [3.05, 3.63) is 56.2 Å². The zero-order valence-corrected chi connectivity index (χ0v) is 13.3. The van der Waals surface area contributed by atoms with Crippen LogP contribution in [0.5, 0.6) is 0 Å². The molecule has 118 valence electrons. The molecule has 1 unspecified atom stereocenters. The predicted molar refractivity (Wildman–Crippen MR) is 90.5 cm³/mol. The first-order valence-electron chi connectivity index (χ1n) is 6.90. The number of aromatic amines is 2. The van der Waals surface area contributed by atoms with Gasteiger partial charge in [-0.2, -0.15) is 0 Å². The minimum absolute atomic E-state index is 0. The highest BCUT2D eigenvalue weighted by molar-refractivity contribution is 5.85. The van der Waals surface area contributed by atoms with Gasteiger partial charge in [-0.25, -0.2) is 4.79 Å². The Kier molecular flexibility index (Phi) is 4.61. The van der Waals surface area contributed by atoms with E-state index >= 15 is 0 Å². The highest BCUT2D eigenvalue weighted by atomic mass is 35.5. The van der Waals surface area contributed by atoms with Crippen LogP contribution in [0.25, 0.3) is 0 Å². The van der Waals surface area contributed by atoms with Crippen molar-refractivity contribution in [1.29, 1.82) is 0 Å². The number of aromatic nitrogens is 2. The summed E-state index contributed by atoms with van der Waals surface area (Å²) < 4.78 is 0. The van der Waals surface area contributed by atoms with Crippen molar-refractivity contribution < 1.29 is 0 Å². The van der Waals surface area contributed by atoms with Crippen LogP contribution in [0.15, 0.2) is 33.9 Å². The lowest BCUT2D eigenvalue weighted by atomic mass is 10.1. The number of nitrogens with zero attached hydrogens (tertiary/aromatic N) is 1. The van der Waals surface area contributed by atoms with Gasteiger partial charge in [0.2, 0.25) is 0 Å². The molecule has 1 atom stereocenters. The molecule has 3 N–H and O–H groups in total. The zero-order chi connectivity index (χ0) is 15.0. The van der Waals surface area contributed by atoms with Crippen LogP contribution in [0, 0.1) is 0 Å². The zero-order valence-electron chi connectivity index (χ0n) is 12.5. The Morgan fingerprint density at radius 3 is 2.50 bits per heavy atom. The molecule has 3 rings (SSSR count). The first kappa shape index (κ1) is 16.2. The minimum atomic E-state index is -0.490. The molecule has 0 amide bonds. The molecule has 1 aromatic carbocycles. The van der Waals surface area contributed by atoms with E-state index in [0.717, 1.165) is 12.8 Å². The lowest BCUT2D eigenvalue weighted by molar-refractivity contribution is 0.765. The lowest BCUT2D eigenvalue weighted by Crippen LogP contribution is -2.27. The van der Waals surface area contributed by atoms with E-state index in [1.807, 2.05) is 14.1 Å². The van der Waals surface area contributed by atoms with E-state index in [0.29, 0.717) is 5.82 Å². The molecule has 0 saturated carbocycles. The van der Waals surface area contributed by atoms with Crippen molar-refractivity contribution in [2.45, 2.75) is 18.9 Å². The monoisotopic (exact) mass is 322 g/mol. The first-order valence-corrected chi connectivity index (χ1v) is 6.90. The van der Waals surface area contributed by atoms with Crippen molar-refractivity contribution in [2.75, 3.05) is 24.3 Å². The average Bonchev–Trinajstić information content (AvgIpc) is 2.78. The lowest BCUT2D eigenvalue weighted by Gasteiger charge is -2.13. The van der Waals surface area contributed by atoms with E-state index in [1.165, 1.54) is 22.9 Å². The molecular formula is C15H19ClN4O2. The van der Waals surface area contributed by atoms with Crippen molar-refractivity contribution >= 4 is 23.9 Å². The number of halogens is 1. The number of hydrogen-bond acceptors (Lipinski definition) is 4. The summed E-state index contributed by atoms with van der Waals surface area (Å²) in [5.41, 5.74) is 2.91. The Labute approximate surface area is 134 Å². The summed E-state index contributed by atoms with van der Waals surface area (Å²) in [6.07, 6.45) is 1.77. The number of H-pyrrole nitrogens is 2. The molecule has 2 aromatic rings. The largest absolute Gasteiger partial charge is 0.378 e. The fourth-order valence-corrected chi connectivity index (χ4v) is 2.75. The summed E-state index contributed by atoms with van der Waals surface area (Å²) in [5.74, 6) is 0.467. The number of nitrogens with one attached hydrogen (secondary N) is 3. The number of anilines is 2. The van der Waals surface area contributed by atoms with E-state index in [2.05, 4.69) is 38.4 Å². The second-order valence-corrected chi connectivity index (χ2v) is 5.60. The van der Waals surface area contributed by atoms with Gasteiger partial charge in [-0.1, -0.05) is 6.07 Å². The highest BCUT2D eigenvalue weighted by Gasteiger charge is 2.22. The van der Waals surface area contributed by atoms with E-state index in [-0.39, 0.29) is 18.4 Å². The van der Waals surface area contributed by atoms with Gasteiger partial charge < -0.3 is 10.2 Å². The molecule has 1 aliphatic rings. The molecule has 0 bridgehead atoms. The number of hydrogen-bond donors (Lipinski definition) is 3. The molecule has 7 heteroatoms. The standard InChI is InChI=1S/C15H18N4O2.ClH/c1-19(2)12-4-3-9-5-11(6-10(9)7-12)16-13-8-14(20)18-15(21)17-13;/h3-4,7-8,11H,5-6H2,1-2H3,(H3,16,17,18,20,21);1H. The normalized spacial score (nSPS) is 15.8. The van der Waals surface area contributed by atoms with E-state index in [1.54, 1.807) is 0 Å². The average molecular weight is 323 g/mol. The van der Waals surface area contributed by atoms with Gasteiger partial charge in [0.05, 0.1) is 0 Å². The van der Waals surface area contributed by atoms with Gasteiger partial charge in [-0.05, 0) is 36.1 Å². The fourth-order valence-electron chi connectivity index (χ4n) is 2.75. The molecule has 0 radical (unpaired) electrons. The van der Waals surface area contributed by atoms with Gasteiger partial charge >= 0.3 is 5.69 Å². The van der Waals surface area contributed by atoms with Crippen molar-refractivity contribution in [3.63, 3.8) is 0 Å². The summed E-state index contributed by atoms with van der Waals surface area (Å²) in [5, 5.41) is 3.23. The summed E-state index contributed by atoms with van der Waals surface area (Å²) in [6.45, 7) is 0. The van der Waals surface area contributed by atoms with Crippen LogP contribution in [0.2, 0.25) is 0 Å². The highest BCUT2D eigenvalue weighted by Crippen LogP contribution is 2.27. The van der Waals surface area contributed by atoms with Crippen molar-refractivity contribution in [1.82, 2.24) is 9.97 Å². The maximum atomic E-state index is 11.3. The molecule has 0 fully saturated rings. The molecular weight excluding hydrogens is 304 g/mol. The summed E-state index contributed by atoms with van der Waals surface area (Å²) in [6, 6.07) is 8.01. The molecule has 1 aromatic heterocycles. The van der Waals surface area contributed by atoms with Crippen LogP contribution < -0.4 is 21.5 Å². The van der Waals surface area contributed by atoms with Crippen LogP contribution in [0.1, 0.15) is 11.1 Å².